The van der Waals surface area contributed by atoms with Gasteiger partial charge in [0.05, 0.1) is 0 Å². The quantitative estimate of drug-likeness (QED) is 0.715. The summed E-state index contributed by atoms with van der Waals surface area (Å²) in [7, 11) is 0. The summed E-state index contributed by atoms with van der Waals surface area (Å²) in [5, 5.41) is 2.91. The molecule has 0 spiro atoms. The lowest BCUT2D eigenvalue weighted by atomic mass is 9.80. The molecule has 1 amide bonds. The number of hydrogen-bond acceptors (Lipinski definition) is 1. The van der Waals surface area contributed by atoms with Gasteiger partial charge in [0.2, 0.25) is 5.91 Å². The van der Waals surface area contributed by atoms with Crippen molar-refractivity contribution in [3.05, 3.63) is 0 Å². The number of carbonyl (C=O) groups is 1. The highest BCUT2D eigenvalue weighted by molar-refractivity contribution is 5.78. The van der Waals surface area contributed by atoms with Crippen LogP contribution in [0.25, 0.3) is 0 Å². The number of nitrogens with one attached hydrogen (secondary N) is 1. The summed E-state index contributed by atoms with van der Waals surface area (Å²) in [6.07, 6.45) is 5.98. The zero-order valence-electron chi connectivity index (χ0n) is 8.81. The van der Waals surface area contributed by atoms with Crippen molar-refractivity contribution in [3.8, 4) is 0 Å². The van der Waals surface area contributed by atoms with Crippen LogP contribution in [0.2, 0.25) is 0 Å². The van der Waals surface area contributed by atoms with Crippen molar-refractivity contribution >= 4 is 5.91 Å². The van der Waals surface area contributed by atoms with Crippen molar-refractivity contribution in [2.75, 3.05) is 6.54 Å². The van der Waals surface area contributed by atoms with Gasteiger partial charge in [-0.25, -0.2) is 0 Å². The molecule has 2 heteroatoms. The van der Waals surface area contributed by atoms with Crippen LogP contribution < -0.4 is 5.32 Å². The molecule has 0 bridgehead atoms. The summed E-state index contributed by atoms with van der Waals surface area (Å²) in [6.45, 7) is 5.00. The van der Waals surface area contributed by atoms with Gasteiger partial charge in [-0.05, 0) is 38.5 Å². The molecular weight excluding hydrogens is 162 g/mol. The predicted octanol–water partition coefficient (Wildman–Crippen LogP) is 2.34. The van der Waals surface area contributed by atoms with Crippen LogP contribution in [0.4, 0.5) is 0 Å². The maximum absolute atomic E-state index is 11.5. The Balaban J connectivity index is 2.28. The van der Waals surface area contributed by atoms with Gasteiger partial charge in [-0.15, -0.1) is 0 Å². The maximum atomic E-state index is 11.5. The van der Waals surface area contributed by atoms with Crippen molar-refractivity contribution in [1.29, 1.82) is 0 Å². The lowest BCUT2D eigenvalue weighted by molar-refractivity contribution is -0.126. The molecule has 1 saturated carbocycles. The molecule has 0 aromatic rings. The third-order valence-corrected chi connectivity index (χ3v) is 3.15. The standard InChI is InChI=1S/C11H21NO/c1-3-9-5-7-10(8-6-9)11(13)12-4-2/h9-10H,3-8H2,1-2H3,(H,12,13)/t9-,10-. The maximum Gasteiger partial charge on any atom is 0.223 e. The fourth-order valence-corrected chi connectivity index (χ4v) is 2.15. The topological polar surface area (TPSA) is 29.1 Å². The Labute approximate surface area is 81.1 Å². The molecule has 1 fully saturated rings. The van der Waals surface area contributed by atoms with E-state index in [1.54, 1.807) is 0 Å². The van der Waals surface area contributed by atoms with E-state index in [4.69, 9.17) is 0 Å². The van der Waals surface area contributed by atoms with E-state index in [9.17, 15) is 4.79 Å². The van der Waals surface area contributed by atoms with Gasteiger partial charge in [-0.2, -0.15) is 0 Å². The van der Waals surface area contributed by atoms with Crippen molar-refractivity contribution < 1.29 is 4.79 Å². The number of rotatable bonds is 3. The fourth-order valence-electron chi connectivity index (χ4n) is 2.15. The van der Waals surface area contributed by atoms with Crippen molar-refractivity contribution in [1.82, 2.24) is 5.32 Å². The highest BCUT2D eigenvalue weighted by atomic mass is 16.1. The molecule has 1 aliphatic rings. The normalized spacial score (nSPS) is 28.5. The number of hydrogen-bond donors (Lipinski definition) is 1. The average Bonchev–Trinajstić information content (AvgIpc) is 2.18. The van der Waals surface area contributed by atoms with Crippen LogP contribution in [0.15, 0.2) is 0 Å². The summed E-state index contributed by atoms with van der Waals surface area (Å²) >= 11 is 0. The van der Waals surface area contributed by atoms with Crippen molar-refractivity contribution in [2.24, 2.45) is 11.8 Å². The zero-order valence-corrected chi connectivity index (χ0v) is 8.81. The Morgan fingerprint density at radius 2 is 1.85 bits per heavy atom. The summed E-state index contributed by atoms with van der Waals surface area (Å²) in [6, 6.07) is 0. The lowest BCUT2D eigenvalue weighted by Gasteiger charge is -2.26. The third kappa shape index (κ3) is 3.02. The van der Waals surface area contributed by atoms with Gasteiger partial charge in [0.25, 0.3) is 0 Å². The molecular formula is C11H21NO. The molecule has 0 aromatic heterocycles. The summed E-state index contributed by atoms with van der Waals surface area (Å²) < 4.78 is 0. The van der Waals surface area contributed by atoms with E-state index in [2.05, 4.69) is 12.2 Å². The summed E-state index contributed by atoms with van der Waals surface area (Å²) in [4.78, 5) is 11.5. The van der Waals surface area contributed by atoms with E-state index in [-0.39, 0.29) is 5.91 Å². The Bertz CT molecular complexity index is 159. The molecule has 1 rings (SSSR count). The van der Waals surface area contributed by atoms with Gasteiger partial charge in [-0.1, -0.05) is 13.3 Å². The van der Waals surface area contributed by atoms with Crippen LogP contribution in [0.5, 0.6) is 0 Å². The van der Waals surface area contributed by atoms with E-state index in [0.717, 1.165) is 25.3 Å². The van der Waals surface area contributed by atoms with Crippen molar-refractivity contribution in [3.63, 3.8) is 0 Å². The smallest absolute Gasteiger partial charge is 0.223 e. The van der Waals surface area contributed by atoms with Gasteiger partial charge in [0.15, 0.2) is 0 Å². The Morgan fingerprint density at radius 1 is 1.23 bits per heavy atom. The number of carbonyl (C=O) groups excluding carboxylic acids is 1. The minimum atomic E-state index is 0.275. The highest BCUT2D eigenvalue weighted by Crippen LogP contribution is 2.30. The van der Waals surface area contributed by atoms with Gasteiger partial charge in [0, 0.05) is 12.5 Å². The summed E-state index contributed by atoms with van der Waals surface area (Å²) in [5.74, 6) is 1.46. The molecule has 0 unspecified atom stereocenters. The van der Waals surface area contributed by atoms with E-state index < -0.39 is 0 Å². The van der Waals surface area contributed by atoms with Gasteiger partial charge in [-0.3, -0.25) is 4.79 Å². The first-order chi connectivity index (χ1) is 6.27. The minimum absolute atomic E-state index is 0.275. The van der Waals surface area contributed by atoms with Crippen LogP contribution in [-0.2, 0) is 4.79 Å². The van der Waals surface area contributed by atoms with Crippen LogP contribution >= 0.6 is 0 Å². The molecule has 1 aliphatic carbocycles. The molecule has 0 heterocycles. The van der Waals surface area contributed by atoms with E-state index in [0.29, 0.717) is 5.92 Å². The first kappa shape index (κ1) is 10.6. The second-order valence-electron chi connectivity index (χ2n) is 4.02. The molecule has 76 valence electrons. The zero-order chi connectivity index (χ0) is 9.68. The van der Waals surface area contributed by atoms with Crippen LogP contribution in [0.3, 0.4) is 0 Å². The molecule has 0 atom stereocenters. The highest BCUT2D eigenvalue weighted by Gasteiger charge is 2.24. The van der Waals surface area contributed by atoms with Gasteiger partial charge >= 0.3 is 0 Å². The van der Waals surface area contributed by atoms with Gasteiger partial charge < -0.3 is 5.32 Å². The lowest BCUT2D eigenvalue weighted by Crippen LogP contribution is -2.32. The van der Waals surface area contributed by atoms with Crippen LogP contribution in [0, 0.1) is 11.8 Å². The average molecular weight is 183 g/mol. The van der Waals surface area contributed by atoms with E-state index >= 15 is 0 Å². The fraction of sp³-hybridized carbons (Fsp3) is 0.909. The van der Waals surface area contributed by atoms with Crippen LogP contribution in [-0.4, -0.2) is 12.5 Å². The number of amides is 1. The predicted molar refractivity (Wildman–Crippen MR) is 54.4 cm³/mol. The molecule has 0 saturated heterocycles. The second-order valence-corrected chi connectivity index (χ2v) is 4.02. The monoisotopic (exact) mass is 183 g/mol. The van der Waals surface area contributed by atoms with E-state index in [1.807, 2.05) is 6.92 Å². The largest absolute Gasteiger partial charge is 0.356 e. The second kappa shape index (κ2) is 5.25. The molecule has 2 nitrogen and oxygen atoms in total. The Hall–Kier alpha value is -0.530. The van der Waals surface area contributed by atoms with Crippen molar-refractivity contribution in [2.45, 2.75) is 46.0 Å². The van der Waals surface area contributed by atoms with E-state index in [1.165, 1.54) is 19.3 Å². The Morgan fingerprint density at radius 3 is 2.31 bits per heavy atom. The third-order valence-electron chi connectivity index (χ3n) is 3.15. The summed E-state index contributed by atoms with van der Waals surface area (Å²) in [5.41, 5.74) is 0. The molecule has 1 N–H and O–H groups in total. The van der Waals surface area contributed by atoms with Crippen LogP contribution in [0.1, 0.15) is 46.0 Å². The first-order valence-corrected chi connectivity index (χ1v) is 5.55. The Kier molecular flexibility index (Phi) is 4.26. The van der Waals surface area contributed by atoms with Gasteiger partial charge in [0.1, 0.15) is 0 Å². The first-order valence-electron chi connectivity index (χ1n) is 5.55. The minimum Gasteiger partial charge on any atom is -0.356 e. The SMILES string of the molecule is CCNC(=O)[C@H]1CC[C@H](CC)CC1. The molecule has 13 heavy (non-hydrogen) atoms. The molecule has 0 aliphatic heterocycles. The molecule has 0 radical (unpaired) electrons. The molecule has 0 aromatic carbocycles.